The number of aromatic nitrogens is 1. The summed E-state index contributed by atoms with van der Waals surface area (Å²) in [5.41, 5.74) is 5.01. The molecule has 4 aromatic rings. The van der Waals surface area contributed by atoms with E-state index in [1.54, 1.807) is 36.4 Å². The van der Waals surface area contributed by atoms with E-state index in [9.17, 15) is 9.59 Å². The first-order valence-corrected chi connectivity index (χ1v) is 11.8. The molecule has 3 aromatic carbocycles. The Balaban J connectivity index is 1.67. The first-order valence-electron chi connectivity index (χ1n) is 10.9. The van der Waals surface area contributed by atoms with Gasteiger partial charge in [0.1, 0.15) is 0 Å². The van der Waals surface area contributed by atoms with Crippen LogP contribution in [-0.4, -0.2) is 29.5 Å². The Morgan fingerprint density at radius 2 is 1.61 bits per heavy atom. The summed E-state index contributed by atoms with van der Waals surface area (Å²) >= 11 is 1.50. The molecule has 5 nitrogen and oxygen atoms in total. The third kappa shape index (κ3) is 5.02. The summed E-state index contributed by atoms with van der Waals surface area (Å²) in [4.78, 5) is 30.7. The number of ketones is 1. The summed E-state index contributed by atoms with van der Waals surface area (Å²) in [7, 11) is 0. The number of amides is 1. The highest BCUT2D eigenvalue weighted by Gasteiger charge is 2.13. The van der Waals surface area contributed by atoms with Crippen molar-refractivity contribution in [1.82, 2.24) is 4.57 Å². The van der Waals surface area contributed by atoms with Crippen LogP contribution >= 0.6 is 11.3 Å². The van der Waals surface area contributed by atoms with Crippen LogP contribution in [0.5, 0.6) is 0 Å². The van der Waals surface area contributed by atoms with E-state index in [1.165, 1.54) is 16.9 Å². The highest BCUT2D eigenvalue weighted by atomic mass is 32.1. The van der Waals surface area contributed by atoms with Gasteiger partial charge in [-0.15, -0.1) is 0 Å². The van der Waals surface area contributed by atoms with Gasteiger partial charge in [0.2, 0.25) is 0 Å². The SMILES string of the molecule is CCOCCn1c(=NC(=O)c2ccc(C(=O)c3ccccc3)cc2)sc2cc(C)cc(C)c21. The van der Waals surface area contributed by atoms with Crippen molar-refractivity contribution in [3.8, 4) is 0 Å². The van der Waals surface area contributed by atoms with Crippen molar-refractivity contribution in [2.75, 3.05) is 13.2 Å². The number of ether oxygens (including phenoxy) is 1. The Morgan fingerprint density at radius 3 is 2.30 bits per heavy atom. The van der Waals surface area contributed by atoms with Crippen molar-refractivity contribution in [1.29, 1.82) is 0 Å². The largest absolute Gasteiger partial charge is 0.380 e. The zero-order valence-electron chi connectivity index (χ0n) is 19.0. The van der Waals surface area contributed by atoms with E-state index in [0.29, 0.717) is 41.3 Å². The number of hydrogen-bond acceptors (Lipinski definition) is 4. The standard InChI is InChI=1S/C27H26N2O3S/c1-4-32-15-14-29-24-19(3)16-18(2)17-23(24)33-27(29)28-26(31)22-12-10-21(11-13-22)25(30)20-8-6-5-7-9-20/h5-13,16-17H,4,14-15H2,1-3H3. The van der Waals surface area contributed by atoms with Gasteiger partial charge in [0.15, 0.2) is 10.6 Å². The summed E-state index contributed by atoms with van der Waals surface area (Å²) in [6, 6.07) is 20.0. The fourth-order valence-electron chi connectivity index (χ4n) is 3.86. The van der Waals surface area contributed by atoms with Gasteiger partial charge in [0, 0.05) is 29.8 Å². The monoisotopic (exact) mass is 458 g/mol. The molecule has 0 unspecified atom stereocenters. The van der Waals surface area contributed by atoms with Crippen molar-refractivity contribution in [2.24, 2.45) is 4.99 Å². The molecule has 0 bridgehead atoms. The molecule has 0 spiro atoms. The number of aryl methyl sites for hydroxylation is 2. The average molecular weight is 459 g/mol. The number of rotatable bonds is 7. The average Bonchev–Trinajstić information content (AvgIpc) is 3.16. The summed E-state index contributed by atoms with van der Waals surface area (Å²) in [5.74, 6) is -0.407. The first kappa shape index (κ1) is 22.8. The first-order chi connectivity index (χ1) is 16.0. The number of fused-ring (bicyclic) bond motifs is 1. The summed E-state index contributed by atoms with van der Waals surface area (Å²) in [5, 5.41) is 0. The van der Waals surface area contributed by atoms with Crippen LogP contribution in [0.3, 0.4) is 0 Å². The molecule has 0 aliphatic rings. The normalized spacial score (nSPS) is 11.8. The van der Waals surface area contributed by atoms with Crippen LogP contribution in [0.25, 0.3) is 10.2 Å². The van der Waals surface area contributed by atoms with E-state index < -0.39 is 0 Å². The molecule has 1 heterocycles. The van der Waals surface area contributed by atoms with Crippen LogP contribution in [0.15, 0.2) is 71.7 Å². The Morgan fingerprint density at radius 1 is 0.939 bits per heavy atom. The molecule has 4 rings (SSSR count). The summed E-state index contributed by atoms with van der Waals surface area (Å²) in [6.07, 6.45) is 0. The molecular weight excluding hydrogens is 432 g/mol. The lowest BCUT2D eigenvalue weighted by atomic mass is 10.0. The zero-order valence-corrected chi connectivity index (χ0v) is 19.8. The second-order valence-corrected chi connectivity index (χ2v) is 8.86. The Hall–Kier alpha value is -3.35. The molecule has 0 N–H and O–H groups in total. The van der Waals surface area contributed by atoms with E-state index in [4.69, 9.17) is 4.74 Å². The van der Waals surface area contributed by atoms with E-state index >= 15 is 0 Å². The van der Waals surface area contributed by atoms with Gasteiger partial charge in [-0.05, 0) is 50.1 Å². The number of carbonyl (C=O) groups excluding carboxylic acids is 2. The minimum absolute atomic E-state index is 0.0735. The number of carbonyl (C=O) groups is 2. The minimum atomic E-state index is -0.334. The van der Waals surface area contributed by atoms with Gasteiger partial charge in [-0.25, -0.2) is 0 Å². The van der Waals surface area contributed by atoms with E-state index in [2.05, 4.69) is 35.5 Å². The van der Waals surface area contributed by atoms with Gasteiger partial charge < -0.3 is 9.30 Å². The van der Waals surface area contributed by atoms with Crippen LogP contribution in [-0.2, 0) is 11.3 Å². The molecule has 1 amide bonds. The zero-order chi connectivity index (χ0) is 23.4. The third-order valence-corrected chi connectivity index (χ3v) is 6.43. The lowest BCUT2D eigenvalue weighted by Gasteiger charge is -2.08. The highest BCUT2D eigenvalue weighted by molar-refractivity contribution is 7.16. The smallest absolute Gasteiger partial charge is 0.279 e. The maximum Gasteiger partial charge on any atom is 0.279 e. The van der Waals surface area contributed by atoms with Crippen LogP contribution in [0.4, 0.5) is 0 Å². The molecule has 0 aliphatic carbocycles. The lowest BCUT2D eigenvalue weighted by molar-refractivity contribution is 0.0993. The number of nitrogens with zero attached hydrogens (tertiary/aromatic N) is 2. The summed E-state index contributed by atoms with van der Waals surface area (Å²) < 4.78 is 8.72. The van der Waals surface area contributed by atoms with Crippen LogP contribution < -0.4 is 4.80 Å². The van der Waals surface area contributed by atoms with Crippen LogP contribution in [0, 0.1) is 13.8 Å². The quantitative estimate of drug-likeness (QED) is 0.278. The Bertz CT molecular complexity index is 1370. The van der Waals surface area contributed by atoms with E-state index in [0.717, 1.165) is 15.8 Å². The third-order valence-electron chi connectivity index (χ3n) is 5.40. The molecule has 0 saturated heterocycles. The Labute approximate surface area is 197 Å². The van der Waals surface area contributed by atoms with Gasteiger partial charge in [-0.3, -0.25) is 9.59 Å². The van der Waals surface area contributed by atoms with Crippen LogP contribution in [0.2, 0.25) is 0 Å². The second kappa shape index (κ2) is 10.1. The van der Waals surface area contributed by atoms with Crippen molar-refractivity contribution in [3.05, 3.63) is 99.3 Å². The fourth-order valence-corrected chi connectivity index (χ4v) is 5.09. The Kier molecular flexibility index (Phi) is 6.96. The van der Waals surface area contributed by atoms with Gasteiger partial charge in [0.25, 0.3) is 5.91 Å². The van der Waals surface area contributed by atoms with Crippen molar-refractivity contribution < 1.29 is 14.3 Å². The van der Waals surface area contributed by atoms with Crippen LogP contribution in [0.1, 0.15) is 44.3 Å². The van der Waals surface area contributed by atoms with E-state index in [-0.39, 0.29) is 11.7 Å². The van der Waals surface area contributed by atoms with Crippen molar-refractivity contribution in [2.45, 2.75) is 27.3 Å². The van der Waals surface area contributed by atoms with Gasteiger partial charge >= 0.3 is 0 Å². The molecule has 0 radical (unpaired) electrons. The molecule has 0 saturated carbocycles. The number of thiazole rings is 1. The molecule has 33 heavy (non-hydrogen) atoms. The molecule has 1 aromatic heterocycles. The van der Waals surface area contributed by atoms with E-state index in [1.807, 2.05) is 25.1 Å². The molecule has 6 heteroatoms. The number of benzene rings is 3. The number of hydrogen-bond donors (Lipinski definition) is 0. The van der Waals surface area contributed by atoms with Gasteiger partial charge in [-0.2, -0.15) is 4.99 Å². The predicted octanol–water partition coefficient (Wildman–Crippen LogP) is 5.33. The highest BCUT2D eigenvalue weighted by Crippen LogP contribution is 2.23. The molecule has 168 valence electrons. The fraction of sp³-hybridized carbons (Fsp3) is 0.222. The molecule has 0 atom stereocenters. The molecule has 0 aliphatic heterocycles. The predicted molar refractivity (Wildman–Crippen MR) is 132 cm³/mol. The van der Waals surface area contributed by atoms with Gasteiger partial charge in [-0.1, -0.05) is 59.9 Å². The molecular formula is C27H26N2O3S. The maximum atomic E-state index is 13.0. The van der Waals surface area contributed by atoms with Crippen molar-refractivity contribution in [3.63, 3.8) is 0 Å². The molecule has 0 fully saturated rings. The summed E-state index contributed by atoms with van der Waals surface area (Å²) in [6.45, 7) is 7.91. The second-order valence-electron chi connectivity index (χ2n) is 7.85. The topological polar surface area (TPSA) is 60.7 Å². The van der Waals surface area contributed by atoms with Gasteiger partial charge in [0.05, 0.1) is 16.8 Å². The maximum absolute atomic E-state index is 13.0. The lowest BCUT2D eigenvalue weighted by Crippen LogP contribution is -2.20. The van der Waals surface area contributed by atoms with Crippen molar-refractivity contribution >= 4 is 33.2 Å². The minimum Gasteiger partial charge on any atom is -0.380 e.